The summed E-state index contributed by atoms with van der Waals surface area (Å²) in [7, 11) is 0. The highest BCUT2D eigenvalue weighted by Gasteiger charge is 2.23. The highest BCUT2D eigenvalue weighted by atomic mass is 16.2. The molecule has 0 bridgehead atoms. The van der Waals surface area contributed by atoms with Crippen LogP contribution in [0.25, 0.3) is 0 Å². The molecule has 1 aliphatic heterocycles. The Balaban J connectivity index is 1.98. The number of likely N-dealkylation sites (tertiary alicyclic amines) is 1. The molecule has 1 aromatic rings. The fourth-order valence-corrected chi connectivity index (χ4v) is 2.05. The van der Waals surface area contributed by atoms with Crippen molar-refractivity contribution in [2.75, 3.05) is 13.1 Å². The van der Waals surface area contributed by atoms with Gasteiger partial charge in [-0.05, 0) is 18.9 Å². The van der Waals surface area contributed by atoms with Gasteiger partial charge in [0.15, 0.2) is 5.69 Å². The number of nitrogens with two attached hydrogens (primary N) is 1. The lowest BCUT2D eigenvalue weighted by Crippen LogP contribution is -2.38. The minimum atomic E-state index is -0.583. The Bertz CT molecular complexity index is 474. The Morgan fingerprint density at radius 2 is 2.11 bits per heavy atom. The van der Waals surface area contributed by atoms with Crippen molar-refractivity contribution in [1.82, 2.24) is 19.9 Å². The number of amides is 2. The second kappa shape index (κ2) is 4.99. The summed E-state index contributed by atoms with van der Waals surface area (Å²) in [6, 6.07) is 0.152. The van der Waals surface area contributed by atoms with Crippen molar-refractivity contribution in [3.05, 3.63) is 24.5 Å². The van der Waals surface area contributed by atoms with Crippen LogP contribution in [0.2, 0.25) is 0 Å². The lowest BCUT2D eigenvalue weighted by atomic mass is 10.1. The highest BCUT2D eigenvalue weighted by molar-refractivity contribution is 5.90. The van der Waals surface area contributed by atoms with Crippen molar-refractivity contribution in [2.45, 2.75) is 18.9 Å². The van der Waals surface area contributed by atoms with Gasteiger partial charge in [0.1, 0.15) is 0 Å². The smallest absolute Gasteiger partial charge is 0.270 e. The van der Waals surface area contributed by atoms with Gasteiger partial charge in [0.2, 0.25) is 5.91 Å². The van der Waals surface area contributed by atoms with Crippen LogP contribution in [0.1, 0.15) is 29.4 Å². The first-order chi connectivity index (χ1) is 8.61. The molecule has 2 N–H and O–H groups in total. The van der Waals surface area contributed by atoms with Gasteiger partial charge < -0.3 is 10.6 Å². The maximum atomic E-state index is 11.4. The number of piperidine rings is 1. The largest absolute Gasteiger partial charge is 0.364 e. The van der Waals surface area contributed by atoms with Gasteiger partial charge in [0, 0.05) is 13.1 Å². The summed E-state index contributed by atoms with van der Waals surface area (Å²) in [6.07, 6.45) is 4.43. The van der Waals surface area contributed by atoms with Crippen LogP contribution in [0, 0.1) is 0 Å². The molecule has 0 aliphatic carbocycles. The van der Waals surface area contributed by atoms with Crippen molar-refractivity contribution >= 4 is 11.8 Å². The summed E-state index contributed by atoms with van der Waals surface area (Å²) in [5, 5.41) is 7.60. The first-order valence-corrected chi connectivity index (χ1v) is 5.75. The molecule has 1 fully saturated rings. The number of primary amides is 1. The van der Waals surface area contributed by atoms with E-state index in [1.165, 1.54) is 6.08 Å². The van der Waals surface area contributed by atoms with E-state index in [1.54, 1.807) is 15.8 Å². The zero-order valence-electron chi connectivity index (χ0n) is 9.95. The first kappa shape index (κ1) is 12.3. The third kappa shape index (κ3) is 2.39. The number of aromatic nitrogens is 3. The average Bonchev–Trinajstić information content (AvgIpc) is 2.88. The fourth-order valence-electron chi connectivity index (χ4n) is 2.05. The second-order valence-electron chi connectivity index (χ2n) is 4.21. The SMILES string of the molecule is C=CC(=O)N1CCC(n2cc(C(N)=O)nn2)CC1. The van der Waals surface area contributed by atoms with E-state index in [0.717, 1.165) is 12.8 Å². The molecule has 7 heteroatoms. The van der Waals surface area contributed by atoms with E-state index >= 15 is 0 Å². The molecule has 1 aromatic heterocycles. The number of carbonyl (C=O) groups excluding carboxylic acids is 2. The summed E-state index contributed by atoms with van der Waals surface area (Å²) in [6.45, 7) is 4.77. The van der Waals surface area contributed by atoms with Crippen LogP contribution in [0.15, 0.2) is 18.9 Å². The maximum absolute atomic E-state index is 11.4. The lowest BCUT2D eigenvalue weighted by molar-refractivity contribution is -0.127. The van der Waals surface area contributed by atoms with Gasteiger partial charge >= 0.3 is 0 Å². The van der Waals surface area contributed by atoms with Crippen LogP contribution in [0.3, 0.4) is 0 Å². The summed E-state index contributed by atoms with van der Waals surface area (Å²) >= 11 is 0. The highest BCUT2D eigenvalue weighted by Crippen LogP contribution is 2.21. The molecule has 2 heterocycles. The van der Waals surface area contributed by atoms with E-state index in [9.17, 15) is 9.59 Å². The Hall–Kier alpha value is -2.18. The van der Waals surface area contributed by atoms with Gasteiger partial charge in [-0.25, -0.2) is 4.68 Å². The number of carbonyl (C=O) groups is 2. The predicted molar refractivity (Wildman–Crippen MR) is 63.6 cm³/mol. The number of nitrogens with zero attached hydrogens (tertiary/aromatic N) is 4. The minimum Gasteiger partial charge on any atom is -0.364 e. The van der Waals surface area contributed by atoms with Crippen LogP contribution in [-0.2, 0) is 4.79 Å². The average molecular weight is 249 g/mol. The molecule has 0 saturated carbocycles. The monoisotopic (exact) mass is 249 g/mol. The van der Waals surface area contributed by atoms with Crippen LogP contribution in [-0.4, -0.2) is 44.8 Å². The van der Waals surface area contributed by atoms with E-state index in [-0.39, 0.29) is 17.6 Å². The molecule has 0 atom stereocenters. The normalized spacial score (nSPS) is 16.6. The zero-order chi connectivity index (χ0) is 13.1. The van der Waals surface area contributed by atoms with Crippen LogP contribution >= 0.6 is 0 Å². The van der Waals surface area contributed by atoms with Crippen molar-refractivity contribution in [3.63, 3.8) is 0 Å². The molecule has 1 saturated heterocycles. The van der Waals surface area contributed by atoms with Crippen molar-refractivity contribution in [3.8, 4) is 0 Å². The summed E-state index contributed by atoms with van der Waals surface area (Å²) in [4.78, 5) is 24.1. The van der Waals surface area contributed by atoms with Gasteiger partial charge in [-0.3, -0.25) is 9.59 Å². The quantitative estimate of drug-likeness (QED) is 0.746. The van der Waals surface area contributed by atoms with Crippen LogP contribution in [0.5, 0.6) is 0 Å². The molecule has 0 unspecified atom stereocenters. The molecule has 0 spiro atoms. The lowest BCUT2D eigenvalue weighted by Gasteiger charge is -2.31. The molecular weight excluding hydrogens is 234 g/mol. The fraction of sp³-hybridized carbons (Fsp3) is 0.455. The molecule has 2 amide bonds. The summed E-state index contributed by atoms with van der Waals surface area (Å²) in [5.41, 5.74) is 5.28. The number of hydrogen-bond donors (Lipinski definition) is 1. The van der Waals surface area contributed by atoms with E-state index in [0.29, 0.717) is 13.1 Å². The van der Waals surface area contributed by atoms with Crippen molar-refractivity contribution in [1.29, 1.82) is 0 Å². The summed E-state index contributed by atoms with van der Waals surface area (Å²) < 4.78 is 1.65. The van der Waals surface area contributed by atoms with Crippen LogP contribution < -0.4 is 5.73 Å². The van der Waals surface area contributed by atoms with Gasteiger partial charge in [0.05, 0.1) is 12.2 Å². The van der Waals surface area contributed by atoms with E-state index < -0.39 is 5.91 Å². The van der Waals surface area contributed by atoms with Crippen LogP contribution in [0.4, 0.5) is 0 Å². The van der Waals surface area contributed by atoms with Gasteiger partial charge in [-0.2, -0.15) is 0 Å². The summed E-state index contributed by atoms with van der Waals surface area (Å²) in [5.74, 6) is -0.634. The van der Waals surface area contributed by atoms with Gasteiger partial charge in [-0.15, -0.1) is 5.10 Å². The second-order valence-corrected chi connectivity index (χ2v) is 4.21. The Morgan fingerprint density at radius 1 is 1.44 bits per heavy atom. The van der Waals surface area contributed by atoms with E-state index in [2.05, 4.69) is 16.9 Å². The zero-order valence-corrected chi connectivity index (χ0v) is 9.95. The third-order valence-corrected chi connectivity index (χ3v) is 3.09. The van der Waals surface area contributed by atoms with Crippen molar-refractivity contribution in [2.24, 2.45) is 5.73 Å². The Labute approximate surface area is 104 Å². The van der Waals surface area contributed by atoms with Gasteiger partial charge in [-0.1, -0.05) is 11.8 Å². The number of hydrogen-bond acceptors (Lipinski definition) is 4. The van der Waals surface area contributed by atoms with Crippen molar-refractivity contribution < 1.29 is 9.59 Å². The molecule has 2 rings (SSSR count). The molecule has 0 aromatic carbocycles. The Morgan fingerprint density at radius 3 is 2.61 bits per heavy atom. The molecule has 18 heavy (non-hydrogen) atoms. The Kier molecular flexibility index (Phi) is 3.40. The molecule has 7 nitrogen and oxygen atoms in total. The molecule has 96 valence electrons. The topological polar surface area (TPSA) is 94.1 Å². The standard InChI is InChI=1S/C11H15N5O2/c1-2-10(17)15-5-3-8(4-6-15)16-7-9(11(12)18)13-14-16/h2,7-8H,1,3-6H2,(H2,12,18). The minimum absolute atomic E-state index is 0.0511. The van der Waals surface area contributed by atoms with Gasteiger partial charge in [0.25, 0.3) is 5.91 Å². The molecule has 0 radical (unpaired) electrons. The molecular formula is C11H15N5O2. The first-order valence-electron chi connectivity index (χ1n) is 5.75. The van der Waals surface area contributed by atoms with E-state index in [1.807, 2.05) is 0 Å². The molecule has 1 aliphatic rings. The number of rotatable bonds is 3. The maximum Gasteiger partial charge on any atom is 0.270 e. The third-order valence-electron chi connectivity index (χ3n) is 3.09. The predicted octanol–water partition coefficient (Wildman–Crippen LogP) is -0.274. The van der Waals surface area contributed by atoms with E-state index in [4.69, 9.17) is 5.73 Å².